The zero-order valence-electron chi connectivity index (χ0n) is 12.0. The van der Waals surface area contributed by atoms with Crippen molar-refractivity contribution in [2.75, 3.05) is 11.6 Å². The van der Waals surface area contributed by atoms with Crippen LogP contribution in [-0.4, -0.2) is 18.2 Å². The summed E-state index contributed by atoms with van der Waals surface area (Å²) in [7, 11) is 0. The maximum Gasteiger partial charge on any atom is 0.227 e. The van der Waals surface area contributed by atoms with E-state index in [0.717, 1.165) is 29.8 Å². The first kappa shape index (κ1) is 16.1. The Balaban J connectivity index is 2.49. The monoisotopic (exact) mass is 280 g/mol. The first-order valence-electron chi connectivity index (χ1n) is 6.74. The van der Waals surface area contributed by atoms with E-state index in [4.69, 9.17) is 5.73 Å². The molecule has 3 nitrogen and oxygen atoms in total. The predicted octanol–water partition coefficient (Wildman–Crippen LogP) is 3.50. The Morgan fingerprint density at radius 2 is 2.00 bits per heavy atom. The highest BCUT2D eigenvalue weighted by Gasteiger charge is 2.14. The molecule has 2 atom stereocenters. The number of hydrogen-bond donors (Lipinski definition) is 2. The van der Waals surface area contributed by atoms with Gasteiger partial charge in [0.05, 0.1) is 5.69 Å². The van der Waals surface area contributed by atoms with Crippen molar-refractivity contribution in [3.63, 3.8) is 0 Å². The van der Waals surface area contributed by atoms with Gasteiger partial charge in [-0.1, -0.05) is 25.5 Å². The van der Waals surface area contributed by atoms with Crippen molar-refractivity contribution < 1.29 is 4.79 Å². The van der Waals surface area contributed by atoms with Crippen LogP contribution in [0.25, 0.3) is 0 Å². The highest BCUT2D eigenvalue weighted by atomic mass is 32.2. The lowest BCUT2D eigenvalue weighted by Gasteiger charge is -2.14. The molecule has 0 aliphatic rings. The number of para-hydroxylation sites is 1. The summed E-state index contributed by atoms with van der Waals surface area (Å²) in [4.78, 5) is 13.2. The van der Waals surface area contributed by atoms with E-state index in [1.807, 2.05) is 44.4 Å². The maximum absolute atomic E-state index is 12.1. The first-order valence-corrected chi connectivity index (χ1v) is 7.96. The van der Waals surface area contributed by atoms with Crippen LogP contribution in [0.4, 0.5) is 5.69 Å². The van der Waals surface area contributed by atoms with Gasteiger partial charge >= 0.3 is 0 Å². The number of nitrogens with one attached hydrogen (secondary N) is 1. The summed E-state index contributed by atoms with van der Waals surface area (Å²) in [5.41, 5.74) is 6.61. The van der Waals surface area contributed by atoms with Crippen molar-refractivity contribution in [1.82, 2.24) is 0 Å². The van der Waals surface area contributed by atoms with E-state index in [1.54, 1.807) is 11.8 Å². The molecular formula is C15H24N2OS. The Morgan fingerprint density at radius 1 is 1.32 bits per heavy atom. The Bertz CT molecular complexity index is 407. The summed E-state index contributed by atoms with van der Waals surface area (Å²) in [6.07, 6.45) is 4.86. The molecule has 0 aromatic heterocycles. The molecule has 0 spiro atoms. The fourth-order valence-electron chi connectivity index (χ4n) is 1.88. The molecule has 1 rings (SSSR count). The van der Waals surface area contributed by atoms with E-state index < -0.39 is 0 Å². The first-order chi connectivity index (χ1) is 9.04. The highest BCUT2D eigenvalue weighted by molar-refractivity contribution is 7.98. The summed E-state index contributed by atoms with van der Waals surface area (Å²) < 4.78 is 0. The number of carbonyl (C=O) groups excluding carboxylic acids is 1. The van der Waals surface area contributed by atoms with Crippen molar-refractivity contribution in [3.8, 4) is 0 Å². The van der Waals surface area contributed by atoms with Gasteiger partial charge in [0.25, 0.3) is 0 Å². The summed E-state index contributed by atoms with van der Waals surface area (Å²) in [6.45, 7) is 3.97. The normalized spacial score (nSPS) is 13.9. The third-order valence-corrected chi connectivity index (χ3v) is 3.90. The van der Waals surface area contributed by atoms with Crippen molar-refractivity contribution >= 4 is 23.4 Å². The molecule has 4 heteroatoms. The molecule has 106 valence electrons. The maximum atomic E-state index is 12.1. The molecule has 0 heterocycles. The van der Waals surface area contributed by atoms with Crippen LogP contribution in [0.3, 0.4) is 0 Å². The molecule has 3 N–H and O–H groups in total. The average molecular weight is 280 g/mol. The Labute approximate surface area is 120 Å². The smallest absolute Gasteiger partial charge is 0.227 e. The number of thioether (sulfide) groups is 1. The lowest BCUT2D eigenvalue weighted by atomic mass is 10.0. The van der Waals surface area contributed by atoms with Gasteiger partial charge in [-0.2, -0.15) is 0 Å². The summed E-state index contributed by atoms with van der Waals surface area (Å²) >= 11 is 1.64. The third-order valence-electron chi connectivity index (χ3n) is 3.11. The number of hydrogen-bond acceptors (Lipinski definition) is 3. The van der Waals surface area contributed by atoms with Crippen LogP contribution in [0.5, 0.6) is 0 Å². The van der Waals surface area contributed by atoms with Gasteiger partial charge in [-0.3, -0.25) is 4.79 Å². The van der Waals surface area contributed by atoms with Crippen LogP contribution in [-0.2, 0) is 4.79 Å². The molecule has 1 aromatic carbocycles. The molecule has 0 bridgehead atoms. The second kappa shape index (κ2) is 8.23. The van der Waals surface area contributed by atoms with E-state index in [1.165, 1.54) is 0 Å². The fourth-order valence-corrected chi connectivity index (χ4v) is 2.43. The Morgan fingerprint density at radius 3 is 2.63 bits per heavy atom. The lowest BCUT2D eigenvalue weighted by molar-refractivity contribution is -0.119. The zero-order valence-corrected chi connectivity index (χ0v) is 12.8. The second-order valence-electron chi connectivity index (χ2n) is 5.00. The van der Waals surface area contributed by atoms with Crippen LogP contribution in [0.15, 0.2) is 29.2 Å². The summed E-state index contributed by atoms with van der Waals surface area (Å²) in [5.74, 6) is 0.111. The van der Waals surface area contributed by atoms with Crippen molar-refractivity contribution in [3.05, 3.63) is 24.3 Å². The average Bonchev–Trinajstić information content (AvgIpc) is 2.38. The second-order valence-corrected chi connectivity index (χ2v) is 5.85. The summed E-state index contributed by atoms with van der Waals surface area (Å²) in [6, 6.07) is 8.09. The minimum atomic E-state index is 0.0219. The van der Waals surface area contributed by atoms with E-state index in [9.17, 15) is 4.79 Å². The number of amides is 1. The van der Waals surface area contributed by atoms with Gasteiger partial charge in [0.15, 0.2) is 0 Å². The molecule has 0 aliphatic carbocycles. The van der Waals surface area contributed by atoms with Gasteiger partial charge < -0.3 is 11.1 Å². The van der Waals surface area contributed by atoms with Crippen LogP contribution in [0.2, 0.25) is 0 Å². The van der Waals surface area contributed by atoms with Crippen LogP contribution >= 0.6 is 11.8 Å². The molecule has 0 radical (unpaired) electrons. The zero-order chi connectivity index (χ0) is 14.3. The number of carbonyl (C=O) groups is 1. The van der Waals surface area contributed by atoms with Gasteiger partial charge in [-0.05, 0) is 38.2 Å². The molecule has 1 amide bonds. The predicted molar refractivity (Wildman–Crippen MR) is 83.5 cm³/mol. The van der Waals surface area contributed by atoms with Crippen LogP contribution < -0.4 is 11.1 Å². The topological polar surface area (TPSA) is 55.1 Å². The molecule has 0 saturated carbocycles. The number of nitrogens with two attached hydrogens (primary N) is 1. The molecule has 2 unspecified atom stereocenters. The fraction of sp³-hybridized carbons (Fsp3) is 0.533. The quantitative estimate of drug-likeness (QED) is 0.752. The molecule has 0 aliphatic heterocycles. The van der Waals surface area contributed by atoms with Gasteiger partial charge in [0.2, 0.25) is 5.91 Å². The molecular weight excluding hydrogens is 256 g/mol. The van der Waals surface area contributed by atoms with E-state index in [-0.39, 0.29) is 17.9 Å². The number of rotatable bonds is 7. The van der Waals surface area contributed by atoms with Gasteiger partial charge in [0.1, 0.15) is 0 Å². The van der Waals surface area contributed by atoms with Crippen molar-refractivity contribution in [2.45, 2.75) is 44.0 Å². The van der Waals surface area contributed by atoms with Crippen molar-refractivity contribution in [1.29, 1.82) is 0 Å². The standard InChI is InChI=1S/C15H24N2OS/c1-11(7-6-8-12(2)16)15(18)17-13-9-4-5-10-14(13)19-3/h4-5,9-12H,6-8,16H2,1-3H3,(H,17,18). The SMILES string of the molecule is CSc1ccccc1NC(=O)C(C)CCCC(C)N. The Kier molecular flexibility index (Phi) is 6.95. The Hall–Kier alpha value is -1.00. The van der Waals surface area contributed by atoms with Gasteiger partial charge in [-0.25, -0.2) is 0 Å². The van der Waals surface area contributed by atoms with E-state index >= 15 is 0 Å². The third kappa shape index (κ3) is 5.66. The minimum absolute atomic E-state index is 0.0219. The minimum Gasteiger partial charge on any atom is -0.328 e. The van der Waals surface area contributed by atoms with Crippen LogP contribution in [0, 0.1) is 5.92 Å². The van der Waals surface area contributed by atoms with Crippen molar-refractivity contribution in [2.24, 2.45) is 11.7 Å². The summed E-state index contributed by atoms with van der Waals surface area (Å²) in [5, 5.41) is 3.01. The largest absolute Gasteiger partial charge is 0.328 e. The van der Waals surface area contributed by atoms with E-state index in [0.29, 0.717) is 0 Å². The lowest BCUT2D eigenvalue weighted by Crippen LogP contribution is -2.21. The van der Waals surface area contributed by atoms with Crippen LogP contribution in [0.1, 0.15) is 33.1 Å². The molecule has 19 heavy (non-hydrogen) atoms. The number of benzene rings is 1. The highest BCUT2D eigenvalue weighted by Crippen LogP contribution is 2.25. The van der Waals surface area contributed by atoms with E-state index in [2.05, 4.69) is 5.32 Å². The van der Waals surface area contributed by atoms with Gasteiger partial charge in [-0.15, -0.1) is 11.8 Å². The number of anilines is 1. The van der Waals surface area contributed by atoms with Gasteiger partial charge in [0, 0.05) is 16.9 Å². The molecule has 0 fully saturated rings. The molecule has 1 aromatic rings. The molecule has 0 saturated heterocycles.